The van der Waals surface area contributed by atoms with Gasteiger partial charge in [0.05, 0.1) is 29.9 Å². The number of hydrogen-bond donors (Lipinski definition) is 1. The Kier molecular flexibility index (Phi) is 4.80. The summed E-state index contributed by atoms with van der Waals surface area (Å²) in [6, 6.07) is 7.34. The van der Waals surface area contributed by atoms with E-state index in [9.17, 15) is 9.59 Å². The molecule has 1 atom stereocenters. The van der Waals surface area contributed by atoms with E-state index in [1.165, 1.54) is 11.3 Å². The topological polar surface area (TPSA) is 71.5 Å². The Morgan fingerprint density at radius 3 is 3.00 bits per heavy atom. The van der Waals surface area contributed by atoms with Gasteiger partial charge in [0.15, 0.2) is 0 Å². The quantitative estimate of drug-likeness (QED) is 0.904. The Labute approximate surface area is 144 Å². The third-order valence-corrected chi connectivity index (χ3v) is 4.87. The molecule has 0 aliphatic carbocycles. The van der Waals surface area contributed by atoms with Gasteiger partial charge < -0.3 is 15.0 Å². The van der Waals surface area contributed by atoms with Crippen LogP contribution in [0.1, 0.15) is 19.0 Å². The van der Waals surface area contributed by atoms with Gasteiger partial charge in [-0.25, -0.2) is 4.98 Å². The molecule has 7 heteroatoms. The van der Waals surface area contributed by atoms with E-state index >= 15 is 0 Å². The highest BCUT2D eigenvalue weighted by Crippen LogP contribution is 2.33. The van der Waals surface area contributed by atoms with Gasteiger partial charge in [-0.1, -0.05) is 19.1 Å². The molecule has 0 saturated carbocycles. The van der Waals surface area contributed by atoms with Crippen LogP contribution in [0.25, 0.3) is 0 Å². The molecule has 3 rings (SSSR count). The molecular weight excluding hydrogens is 326 g/mol. The number of aromatic nitrogens is 1. The SMILES string of the molecule is CCc1ncsc1NC(=O)[C@H]1CC(=O)N(c2ccccc2OC)C1. The van der Waals surface area contributed by atoms with E-state index in [1.54, 1.807) is 23.6 Å². The normalized spacial score (nSPS) is 17.2. The van der Waals surface area contributed by atoms with Crippen molar-refractivity contribution in [3.05, 3.63) is 35.5 Å². The first-order chi connectivity index (χ1) is 11.6. The van der Waals surface area contributed by atoms with Crippen molar-refractivity contribution in [1.29, 1.82) is 0 Å². The number of benzene rings is 1. The van der Waals surface area contributed by atoms with Crippen LogP contribution in [0.2, 0.25) is 0 Å². The average molecular weight is 345 g/mol. The third kappa shape index (κ3) is 3.12. The van der Waals surface area contributed by atoms with E-state index in [0.717, 1.165) is 17.1 Å². The molecule has 0 spiro atoms. The molecule has 1 aliphatic heterocycles. The molecule has 0 bridgehead atoms. The molecule has 6 nitrogen and oxygen atoms in total. The van der Waals surface area contributed by atoms with Crippen LogP contribution >= 0.6 is 11.3 Å². The van der Waals surface area contributed by atoms with Gasteiger partial charge in [0, 0.05) is 13.0 Å². The highest BCUT2D eigenvalue weighted by atomic mass is 32.1. The molecule has 0 unspecified atom stereocenters. The summed E-state index contributed by atoms with van der Waals surface area (Å²) in [6.07, 6.45) is 0.959. The molecule has 1 fully saturated rings. The summed E-state index contributed by atoms with van der Waals surface area (Å²) in [7, 11) is 1.57. The lowest BCUT2D eigenvalue weighted by Gasteiger charge is -2.19. The Morgan fingerprint density at radius 2 is 2.25 bits per heavy atom. The molecule has 126 valence electrons. The van der Waals surface area contributed by atoms with E-state index in [2.05, 4.69) is 10.3 Å². The number of hydrogen-bond acceptors (Lipinski definition) is 5. The number of amides is 2. The molecule has 0 radical (unpaired) electrons. The predicted molar refractivity (Wildman–Crippen MR) is 93.6 cm³/mol. The number of nitrogens with one attached hydrogen (secondary N) is 1. The number of carbonyl (C=O) groups excluding carboxylic acids is 2. The Bertz CT molecular complexity index is 759. The van der Waals surface area contributed by atoms with Crippen LogP contribution in [0.3, 0.4) is 0 Å². The summed E-state index contributed by atoms with van der Waals surface area (Å²) in [6.45, 7) is 2.35. The van der Waals surface area contributed by atoms with Gasteiger partial charge in [0.25, 0.3) is 0 Å². The maximum atomic E-state index is 12.5. The van der Waals surface area contributed by atoms with Gasteiger partial charge in [-0.3, -0.25) is 9.59 Å². The fourth-order valence-electron chi connectivity index (χ4n) is 2.81. The fourth-order valence-corrected chi connectivity index (χ4v) is 3.58. The van der Waals surface area contributed by atoms with E-state index in [0.29, 0.717) is 18.0 Å². The Hall–Kier alpha value is -2.41. The van der Waals surface area contributed by atoms with Crippen molar-refractivity contribution in [3.63, 3.8) is 0 Å². The van der Waals surface area contributed by atoms with Crippen LogP contribution in [0, 0.1) is 5.92 Å². The molecule has 1 aromatic heterocycles. The van der Waals surface area contributed by atoms with Crippen LogP contribution < -0.4 is 15.0 Å². The number of carbonyl (C=O) groups is 2. The van der Waals surface area contributed by atoms with Gasteiger partial charge in [-0.2, -0.15) is 0 Å². The number of rotatable bonds is 5. The summed E-state index contributed by atoms with van der Waals surface area (Å²) in [4.78, 5) is 30.7. The average Bonchev–Trinajstić information content (AvgIpc) is 3.21. The van der Waals surface area contributed by atoms with Crippen LogP contribution in [-0.2, 0) is 16.0 Å². The third-order valence-electron chi connectivity index (χ3n) is 4.08. The van der Waals surface area contributed by atoms with Crippen molar-refractivity contribution in [2.45, 2.75) is 19.8 Å². The number of thiazole rings is 1. The number of para-hydroxylation sites is 2. The molecule has 24 heavy (non-hydrogen) atoms. The zero-order chi connectivity index (χ0) is 17.1. The minimum absolute atomic E-state index is 0.0698. The molecule has 1 N–H and O–H groups in total. The summed E-state index contributed by atoms with van der Waals surface area (Å²) < 4.78 is 5.32. The van der Waals surface area contributed by atoms with Gasteiger partial charge >= 0.3 is 0 Å². The summed E-state index contributed by atoms with van der Waals surface area (Å²) in [5, 5.41) is 3.68. The standard InChI is InChI=1S/C17H19N3O3S/c1-3-12-17(24-10-18-12)19-16(22)11-8-15(21)20(9-11)13-6-4-5-7-14(13)23-2/h4-7,10-11H,3,8-9H2,1-2H3,(H,19,22)/t11-/m0/s1. The second-order valence-corrected chi connectivity index (χ2v) is 6.40. The summed E-state index contributed by atoms with van der Waals surface area (Å²) in [5.41, 5.74) is 3.29. The zero-order valence-electron chi connectivity index (χ0n) is 13.6. The van der Waals surface area contributed by atoms with E-state index in [-0.39, 0.29) is 24.2 Å². The number of nitrogens with zero attached hydrogens (tertiary/aromatic N) is 2. The maximum absolute atomic E-state index is 12.5. The van der Waals surface area contributed by atoms with Crippen molar-refractivity contribution >= 4 is 33.8 Å². The Balaban J connectivity index is 1.73. The minimum atomic E-state index is -0.380. The summed E-state index contributed by atoms with van der Waals surface area (Å²) >= 11 is 1.40. The van der Waals surface area contributed by atoms with Gasteiger partial charge in [-0.15, -0.1) is 11.3 Å². The molecular formula is C17H19N3O3S. The van der Waals surface area contributed by atoms with Crippen LogP contribution in [0.4, 0.5) is 10.7 Å². The molecule has 2 amide bonds. The number of ether oxygens (including phenoxy) is 1. The van der Waals surface area contributed by atoms with Gasteiger partial charge in [0.2, 0.25) is 11.8 Å². The molecule has 1 saturated heterocycles. The highest BCUT2D eigenvalue weighted by Gasteiger charge is 2.36. The van der Waals surface area contributed by atoms with Crippen molar-refractivity contribution < 1.29 is 14.3 Å². The number of aryl methyl sites for hydroxylation is 1. The lowest BCUT2D eigenvalue weighted by Crippen LogP contribution is -2.28. The van der Waals surface area contributed by atoms with E-state index in [1.807, 2.05) is 25.1 Å². The largest absolute Gasteiger partial charge is 0.495 e. The van der Waals surface area contributed by atoms with Crippen LogP contribution in [0.5, 0.6) is 5.75 Å². The Morgan fingerprint density at radius 1 is 1.46 bits per heavy atom. The first-order valence-electron chi connectivity index (χ1n) is 7.80. The first-order valence-corrected chi connectivity index (χ1v) is 8.68. The van der Waals surface area contributed by atoms with Gasteiger partial charge in [-0.05, 0) is 18.6 Å². The highest BCUT2D eigenvalue weighted by molar-refractivity contribution is 7.14. The molecule has 1 aromatic carbocycles. The van der Waals surface area contributed by atoms with Gasteiger partial charge in [0.1, 0.15) is 10.8 Å². The second-order valence-electron chi connectivity index (χ2n) is 5.55. The fraction of sp³-hybridized carbons (Fsp3) is 0.353. The molecule has 2 heterocycles. The van der Waals surface area contributed by atoms with E-state index < -0.39 is 0 Å². The van der Waals surface area contributed by atoms with Crippen molar-refractivity contribution in [3.8, 4) is 5.75 Å². The number of methoxy groups -OCH3 is 1. The minimum Gasteiger partial charge on any atom is -0.495 e. The van der Waals surface area contributed by atoms with Crippen molar-refractivity contribution in [1.82, 2.24) is 4.98 Å². The predicted octanol–water partition coefficient (Wildman–Crippen LogP) is 2.71. The maximum Gasteiger partial charge on any atom is 0.230 e. The lowest BCUT2D eigenvalue weighted by atomic mass is 10.1. The number of anilines is 2. The van der Waals surface area contributed by atoms with Crippen LogP contribution in [-0.4, -0.2) is 30.5 Å². The molecule has 2 aromatic rings. The first kappa shape index (κ1) is 16.4. The second kappa shape index (κ2) is 7.00. The molecule has 1 aliphatic rings. The summed E-state index contributed by atoms with van der Waals surface area (Å²) in [5.74, 6) is 0.0382. The smallest absolute Gasteiger partial charge is 0.230 e. The van der Waals surface area contributed by atoms with E-state index in [4.69, 9.17) is 4.74 Å². The van der Waals surface area contributed by atoms with Crippen molar-refractivity contribution in [2.75, 3.05) is 23.9 Å². The van der Waals surface area contributed by atoms with Crippen molar-refractivity contribution in [2.24, 2.45) is 5.92 Å². The zero-order valence-corrected chi connectivity index (χ0v) is 14.4. The van der Waals surface area contributed by atoms with Crippen LogP contribution in [0.15, 0.2) is 29.8 Å². The lowest BCUT2D eigenvalue weighted by molar-refractivity contribution is -0.122. The monoisotopic (exact) mass is 345 g/mol.